The van der Waals surface area contributed by atoms with Crippen molar-refractivity contribution in [3.05, 3.63) is 35.9 Å². The quantitative estimate of drug-likeness (QED) is 0.322. The molecule has 0 unspecified atom stereocenters. The summed E-state index contributed by atoms with van der Waals surface area (Å²) in [6.45, 7) is 0.0841. The molecule has 0 bridgehead atoms. The summed E-state index contributed by atoms with van der Waals surface area (Å²) in [5.41, 5.74) is 0.184. The van der Waals surface area contributed by atoms with E-state index in [0.717, 1.165) is 6.20 Å². The van der Waals surface area contributed by atoms with Gasteiger partial charge in [-0.25, -0.2) is 37.1 Å². The van der Waals surface area contributed by atoms with Crippen LogP contribution in [0.15, 0.2) is 24.5 Å². The maximum Gasteiger partial charge on any atom is 0.356 e. The molecule has 2 fully saturated rings. The SMILES string of the molecule is C.COC(=O)c1cc(OC)c(O)cn1.COC(=O)c1cc(OC)c(OCC2CC(F)(F)C2)cn1.OCC1CC(F)(F)C1. The summed E-state index contributed by atoms with van der Waals surface area (Å²) in [5, 5.41) is 17.4. The number of alkyl halides is 4. The van der Waals surface area contributed by atoms with Gasteiger partial charge in [0.2, 0.25) is 11.8 Å². The number of esters is 2. The van der Waals surface area contributed by atoms with Crippen LogP contribution in [-0.2, 0) is 9.47 Å². The van der Waals surface area contributed by atoms with E-state index in [0.29, 0.717) is 11.5 Å². The molecule has 2 saturated carbocycles. The van der Waals surface area contributed by atoms with Gasteiger partial charge < -0.3 is 33.9 Å². The first-order valence-corrected chi connectivity index (χ1v) is 12.2. The van der Waals surface area contributed by atoms with Crippen molar-refractivity contribution in [1.29, 1.82) is 0 Å². The Morgan fingerprint density at radius 1 is 0.810 bits per heavy atom. The predicted molar refractivity (Wildman–Crippen MR) is 141 cm³/mol. The third-order valence-corrected chi connectivity index (χ3v) is 5.99. The van der Waals surface area contributed by atoms with Gasteiger partial charge in [-0.05, 0) is 5.92 Å². The van der Waals surface area contributed by atoms with Crippen LogP contribution in [-0.4, -0.2) is 85.6 Å². The molecule has 0 radical (unpaired) electrons. The molecule has 0 amide bonds. The Labute approximate surface area is 240 Å². The van der Waals surface area contributed by atoms with Gasteiger partial charge >= 0.3 is 11.9 Å². The van der Waals surface area contributed by atoms with Crippen molar-refractivity contribution in [1.82, 2.24) is 9.97 Å². The van der Waals surface area contributed by atoms with E-state index >= 15 is 0 Å². The van der Waals surface area contributed by atoms with Gasteiger partial charge in [-0.1, -0.05) is 7.43 Å². The van der Waals surface area contributed by atoms with E-state index in [2.05, 4.69) is 19.4 Å². The van der Waals surface area contributed by atoms with Crippen LogP contribution in [0.2, 0.25) is 0 Å². The van der Waals surface area contributed by atoms with Gasteiger partial charge in [0, 0.05) is 50.3 Å². The van der Waals surface area contributed by atoms with Crippen molar-refractivity contribution >= 4 is 11.9 Å². The second-order valence-corrected chi connectivity index (χ2v) is 9.20. The summed E-state index contributed by atoms with van der Waals surface area (Å²) in [6.07, 6.45) is 1.88. The van der Waals surface area contributed by atoms with Crippen LogP contribution in [0.5, 0.6) is 23.0 Å². The monoisotopic (exact) mass is 608 g/mol. The van der Waals surface area contributed by atoms with E-state index in [1.54, 1.807) is 0 Å². The molecule has 0 spiro atoms. The molecule has 2 aliphatic carbocycles. The van der Waals surface area contributed by atoms with Gasteiger partial charge in [0.15, 0.2) is 34.4 Å². The van der Waals surface area contributed by atoms with Crippen molar-refractivity contribution in [3.8, 4) is 23.0 Å². The standard InChI is InChI=1S/C13H15F2NO4.C8H9NO4.C5H8F2O.CH4/c1-18-10-3-9(12(17)19-2)16-6-11(10)20-7-8-4-13(14,15)5-8;1-12-7-3-5(8(11)13-2)9-4-6(7)10;6-5(7)1-4(2-5)3-8;/h3,6,8H,4-5,7H2,1-2H3;3-4,10H,1-2H3;4,8H,1-3H2;1H4. The third kappa shape index (κ3) is 10.5. The van der Waals surface area contributed by atoms with Crippen LogP contribution >= 0.6 is 0 Å². The number of aliphatic hydroxyl groups is 1. The molecule has 0 saturated heterocycles. The number of aliphatic hydroxyl groups excluding tert-OH is 1. The Morgan fingerprint density at radius 3 is 1.67 bits per heavy atom. The maximum absolute atomic E-state index is 12.7. The highest BCUT2D eigenvalue weighted by molar-refractivity contribution is 5.88. The van der Waals surface area contributed by atoms with Crippen molar-refractivity contribution in [2.45, 2.75) is 45.0 Å². The lowest BCUT2D eigenvalue weighted by Crippen LogP contribution is -2.38. The van der Waals surface area contributed by atoms with Crippen LogP contribution < -0.4 is 14.2 Å². The number of methoxy groups -OCH3 is 4. The highest BCUT2D eigenvalue weighted by Gasteiger charge is 2.45. The van der Waals surface area contributed by atoms with Gasteiger partial charge in [0.25, 0.3) is 0 Å². The van der Waals surface area contributed by atoms with Crippen molar-refractivity contribution in [3.63, 3.8) is 0 Å². The fraction of sp³-hybridized carbons (Fsp3) is 0.556. The molecule has 2 aliphatic rings. The first-order valence-electron chi connectivity index (χ1n) is 12.2. The number of nitrogens with zero attached hydrogens (tertiary/aromatic N) is 2. The van der Waals surface area contributed by atoms with Gasteiger partial charge in [-0.15, -0.1) is 0 Å². The second kappa shape index (κ2) is 15.9. The molecule has 2 heterocycles. The first-order chi connectivity index (χ1) is 19.3. The molecule has 15 heteroatoms. The zero-order valence-corrected chi connectivity index (χ0v) is 22.9. The van der Waals surface area contributed by atoms with Gasteiger partial charge in [0.05, 0.1) is 47.4 Å². The van der Waals surface area contributed by atoms with Crippen LogP contribution in [0, 0.1) is 11.8 Å². The molecule has 236 valence electrons. The predicted octanol–water partition coefficient (Wildman–Crippen LogP) is 4.54. The largest absolute Gasteiger partial charge is 0.503 e. The molecule has 42 heavy (non-hydrogen) atoms. The van der Waals surface area contributed by atoms with Crippen molar-refractivity contribution in [2.75, 3.05) is 41.7 Å². The minimum atomic E-state index is -2.56. The van der Waals surface area contributed by atoms with Crippen molar-refractivity contribution in [2.24, 2.45) is 11.8 Å². The van der Waals surface area contributed by atoms with E-state index < -0.39 is 23.8 Å². The Bertz CT molecular complexity index is 1170. The lowest BCUT2D eigenvalue weighted by Gasteiger charge is -2.34. The lowest BCUT2D eigenvalue weighted by atomic mass is 9.82. The summed E-state index contributed by atoms with van der Waals surface area (Å²) in [5.74, 6) is -5.79. The molecule has 4 rings (SSSR count). The lowest BCUT2D eigenvalue weighted by molar-refractivity contribution is -0.121. The minimum Gasteiger partial charge on any atom is -0.503 e. The molecule has 0 atom stereocenters. The highest BCUT2D eigenvalue weighted by Crippen LogP contribution is 2.43. The number of halogens is 4. The van der Waals surface area contributed by atoms with Crippen LogP contribution in [0.4, 0.5) is 17.6 Å². The van der Waals surface area contributed by atoms with E-state index in [1.807, 2.05) is 0 Å². The number of carbonyl (C=O) groups excluding carboxylic acids is 2. The average molecular weight is 609 g/mol. The number of rotatable bonds is 8. The molecule has 0 aliphatic heterocycles. The summed E-state index contributed by atoms with van der Waals surface area (Å²) in [4.78, 5) is 29.8. The number of aromatic nitrogens is 2. The van der Waals surface area contributed by atoms with Gasteiger partial charge in [-0.2, -0.15) is 0 Å². The summed E-state index contributed by atoms with van der Waals surface area (Å²) in [6, 6.07) is 2.69. The molecule has 0 aromatic carbocycles. The number of hydrogen-bond donors (Lipinski definition) is 2. The molecular formula is C27H36F4N2O9. The molecular weight excluding hydrogens is 572 g/mol. The maximum atomic E-state index is 12.7. The molecule has 2 N–H and O–H groups in total. The minimum absolute atomic E-state index is 0. The third-order valence-electron chi connectivity index (χ3n) is 5.99. The summed E-state index contributed by atoms with van der Waals surface area (Å²) in [7, 11) is 5.30. The number of aromatic hydroxyl groups is 1. The Kier molecular flexibility index (Phi) is 13.7. The number of carbonyl (C=O) groups is 2. The average Bonchev–Trinajstić information content (AvgIpc) is 2.93. The molecule has 2 aromatic rings. The normalized spacial score (nSPS) is 16.3. The van der Waals surface area contributed by atoms with Gasteiger partial charge in [0.1, 0.15) is 0 Å². The number of ether oxygens (including phenoxy) is 5. The first kappa shape index (κ1) is 36.1. The number of hydrogen-bond acceptors (Lipinski definition) is 11. The van der Waals surface area contributed by atoms with Crippen molar-refractivity contribution < 1.29 is 61.0 Å². The van der Waals surface area contributed by atoms with Crippen LogP contribution in [0.1, 0.15) is 54.1 Å². The van der Waals surface area contributed by atoms with E-state index in [4.69, 9.17) is 24.4 Å². The summed E-state index contributed by atoms with van der Waals surface area (Å²) < 4.78 is 73.4. The smallest absolute Gasteiger partial charge is 0.356 e. The zero-order chi connectivity index (χ0) is 30.8. The zero-order valence-electron chi connectivity index (χ0n) is 22.9. The van der Waals surface area contributed by atoms with Crippen LogP contribution in [0.3, 0.4) is 0 Å². The second-order valence-electron chi connectivity index (χ2n) is 9.20. The molecule has 2 aromatic heterocycles. The van der Waals surface area contributed by atoms with E-state index in [1.165, 1.54) is 46.8 Å². The Balaban J connectivity index is 0.000000344. The topological polar surface area (TPSA) is 147 Å². The Hall–Kier alpha value is -3.88. The molecule has 11 nitrogen and oxygen atoms in total. The van der Waals surface area contributed by atoms with E-state index in [9.17, 15) is 27.2 Å². The van der Waals surface area contributed by atoms with E-state index in [-0.39, 0.29) is 81.0 Å². The Morgan fingerprint density at radius 2 is 1.26 bits per heavy atom. The fourth-order valence-corrected chi connectivity index (χ4v) is 3.74. The van der Waals surface area contributed by atoms with Gasteiger partial charge in [-0.3, -0.25) is 0 Å². The fourth-order valence-electron chi connectivity index (χ4n) is 3.74. The summed E-state index contributed by atoms with van der Waals surface area (Å²) >= 11 is 0. The highest BCUT2D eigenvalue weighted by atomic mass is 19.3. The van der Waals surface area contributed by atoms with Crippen LogP contribution in [0.25, 0.3) is 0 Å². The number of pyridine rings is 2.